The van der Waals surface area contributed by atoms with Crippen LogP contribution < -0.4 is 4.74 Å². The first kappa shape index (κ1) is 14.9. The summed E-state index contributed by atoms with van der Waals surface area (Å²) in [6.07, 6.45) is 4.62. The van der Waals surface area contributed by atoms with Gasteiger partial charge in [-0.25, -0.2) is 0 Å². The first-order chi connectivity index (χ1) is 9.61. The molecule has 1 aromatic carbocycles. The second-order valence-electron chi connectivity index (χ2n) is 5.45. The molecule has 0 heterocycles. The average molecular weight is 277 g/mol. The number of methoxy groups -OCH3 is 1. The van der Waals surface area contributed by atoms with Crippen LogP contribution in [0.5, 0.6) is 5.75 Å². The lowest BCUT2D eigenvalue weighted by Crippen LogP contribution is -2.39. The van der Waals surface area contributed by atoms with E-state index in [1.54, 1.807) is 7.11 Å². The van der Waals surface area contributed by atoms with Crippen LogP contribution in [0, 0.1) is 0 Å². The Kier molecular flexibility index (Phi) is 5.01. The van der Waals surface area contributed by atoms with Crippen molar-refractivity contribution in [1.29, 1.82) is 0 Å². The first-order valence-electron chi connectivity index (χ1n) is 7.23. The highest BCUT2D eigenvalue weighted by Gasteiger charge is 2.28. The van der Waals surface area contributed by atoms with E-state index in [4.69, 9.17) is 9.84 Å². The van der Waals surface area contributed by atoms with Gasteiger partial charge in [0.1, 0.15) is 5.75 Å². The van der Waals surface area contributed by atoms with Gasteiger partial charge in [-0.1, -0.05) is 25.0 Å². The maximum Gasteiger partial charge on any atom is 0.317 e. The maximum absolute atomic E-state index is 11.1. The zero-order valence-electron chi connectivity index (χ0n) is 12.2. The van der Waals surface area contributed by atoms with Crippen LogP contribution in [0.2, 0.25) is 0 Å². The largest absolute Gasteiger partial charge is 0.497 e. The zero-order valence-corrected chi connectivity index (χ0v) is 12.2. The van der Waals surface area contributed by atoms with Crippen LogP contribution in [0.15, 0.2) is 24.3 Å². The number of aliphatic carboxylic acids is 1. The quantitative estimate of drug-likeness (QED) is 0.868. The summed E-state index contributed by atoms with van der Waals surface area (Å²) in [5.41, 5.74) is 1.14. The van der Waals surface area contributed by atoms with E-state index in [1.165, 1.54) is 12.8 Å². The van der Waals surface area contributed by atoms with Gasteiger partial charge in [-0.15, -0.1) is 0 Å². The smallest absolute Gasteiger partial charge is 0.317 e. The Hall–Kier alpha value is -1.55. The van der Waals surface area contributed by atoms with Gasteiger partial charge >= 0.3 is 5.97 Å². The molecule has 1 aliphatic rings. The van der Waals surface area contributed by atoms with Gasteiger partial charge in [0, 0.05) is 12.1 Å². The summed E-state index contributed by atoms with van der Waals surface area (Å²) in [6, 6.07) is 8.41. The molecule has 4 nitrogen and oxygen atoms in total. The average Bonchev–Trinajstić information content (AvgIpc) is 2.98. The molecule has 0 aliphatic heterocycles. The molecule has 0 bridgehead atoms. The highest BCUT2D eigenvalue weighted by Crippen LogP contribution is 2.31. The van der Waals surface area contributed by atoms with Crippen LogP contribution in [0.25, 0.3) is 0 Å². The maximum atomic E-state index is 11.1. The Labute approximate surface area is 120 Å². The fraction of sp³-hybridized carbons (Fsp3) is 0.562. The lowest BCUT2D eigenvalue weighted by Gasteiger charge is -2.33. The van der Waals surface area contributed by atoms with Gasteiger partial charge in [0.25, 0.3) is 0 Å². The number of carboxylic acids is 1. The van der Waals surface area contributed by atoms with E-state index in [0.29, 0.717) is 6.04 Å². The number of benzene rings is 1. The summed E-state index contributed by atoms with van der Waals surface area (Å²) in [5, 5.41) is 9.16. The fourth-order valence-corrected chi connectivity index (χ4v) is 3.05. The second-order valence-corrected chi connectivity index (χ2v) is 5.45. The Morgan fingerprint density at radius 1 is 1.35 bits per heavy atom. The van der Waals surface area contributed by atoms with Crippen molar-refractivity contribution in [2.45, 2.75) is 44.7 Å². The van der Waals surface area contributed by atoms with Crippen LogP contribution in [0.4, 0.5) is 0 Å². The number of carbonyl (C=O) groups is 1. The van der Waals surface area contributed by atoms with Crippen LogP contribution >= 0.6 is 0 Å². The molecule has 0 aromatic heterocycles. The van der Waals surface area contributed by atoms with E-state index in [9.17, 15) is 4.79 Å². The van der Waals surface area contributed by atoms with Crippen molar-refractivity contribution in [3.8, 4) is 5.75 Å². The van der Waals surface area contributed by atoms with Crippen LogP contribution in [-0.2, 0) is 4.79 Å². The molecular formula is C16H23NO3. The van der Waals surface area contributed by atoms with Crippen LogP contribution in [0.3, 0.4) is 0 Å². The molecule has 2 rings (SSSR count). The summed E-state index contributed by atoms with van der Waals surface area (Å²) in [7, 11) is 1.65. The number of nitrogens with zero attached hydrogens (tertiary/aromatic N) is 1. The molecule has 110 valence electrons. The minimum Gasteiger partial charge on any atom is -0.497 e. The number of hydrogen-bond acceptors (Lipinski definition) is 3. The van der Waals surface area contributed by atoms with Gasteiger partial charge in [0.05, 0.1) is 13.7 Å². The van der Waals surface area contributed by atoms with Crippen molar-refractivity contribution in [3.63, 3.8) is 0 Å². The van der Waals surface area contributed by atoms with Crippen molar-refractivity contribution in [1.82, 2.24) is 4.90 Å². The third kappa shape index (κ3) is 3.51. The van der Waals surface area contributed by atoms with E-state index in [-0.39, 0.29) is 12.6 Å². The Morgan fingerprint density at radius 2 is 1.95 bits per heavy atom. The van der Waals surface area contributed by atoms with Crippen LogP contribution in [-0.4, -0.2) is 35.7 Å². The van der Waals surface area contributed by atoms with Gasteiger partial charge in [0.15, 0.2) is 0 Å². The third-order valence-corrected chi connectivity index (χ3v) is 4.21. The Bertz CT molecular complexity index is 438. The predicted molar refractivity (Wildman–Crippen MR) is 78.0 cm³/mol. The molecule has 0 radical (unpaired) electrons. The lowest BCUT2D eigenvalue weighted by molar-refractivity contribution is -0.139. The summed E-state index contributed by atoms with van der Waals surface area (Å²) in [5.74, 6) is 0.0730. The molecule has 1 aliphatic carbocycles. The Balaban J connectivity index is 2.15. The summed E-state index contributed by atoms with van der Waals surface area (Å²) in [4.78, 5) is 13.3. The molecule has 1 fully saturated rings. The van der Waals surface area contributed by atoms with Crippen LogP contribution in [0.1, 0.15) is 44.2 Å². The van der Waals surface area contributed by atoms with E-state index >= 15 is 0 Å². The molecule has 0 amide bonds. The van der Waals surface area contributed by atoms with Crippen molar-refractivity contribution >= 4 is 5.97 Å². The van der Waals surface area contributed by atoms with E-state index in [1.807, 2.05) is 24.3 Å². The van der Waals surface area contributed by atoms with E-state index in [2.05, 4.69) is 11.8 Å². The molecule has 1 atom stereocenters. The van der Waals surface area contributed by atoms with Gasteiger partial charge < -0.3 is 9.84 Å². The van der Waals surface area contributed by atoms with E-state index in [0.717, 1.165) is 24.2 Å². The summed E-state index contributed by atoms with van der Waals surface area (Å²) < 4.78 is 5.17. The zero-order chi connectivity index (χ0) is 14.5. The molecular weight excluding hydrogens is 254 g/mol. The molecule has 1 aromatic rings. The first-order valence-corrected chi connectivity index (χ1v) is 7.23. The number of ether oxygens (including phenoxy) is 1. The molecule has 4 heteroatoms. The number of hydrogen-bond donors (Lipinski definition) is 1. The van der Waals surface area contributed by atoms with Gasteiger partial charge in [-0.3, -0.25) is 9.69 Å². The topological polar surface area (TPSA) is 49.8 Å². The van der Waals surface area contributed by atoms with E-state index < -0.39 is 5.97 Å². The van der Waals surface area contributed by atoms with Gasteiger partial charge in [-0.05, 0) is 37.5 Å². The Morgan fingerprint density at radius 3 is 2.45 bits per heavy atom. The number of carboxylic acid groups (broad SMARTS) is 1. The fourth-order valence-electron chi connectivity index (χ4n) is 3.05. The highest BCUT2D eigenvalue weighted by atomic mass is 16.5. The lowest BCUT2D eigenvalue weighted by atomic mass is 10.0. The standard InChI is InChI=1S/C16H23NO3/c1-12(13-7-9-15(20-2)10-8-13)17(11-16(18)19)14-5-3-4-6-14/h7-10,12,14H,3-6,11H2,1-2H3,(H,18,19). The third-order valence-electron chi connectivity index (χ3n) is 4.21. The normalized spacial score (nSPS) is 17.4. The monoisotopic (exact) mass is 277 g/mol. The predicted octanol–water partition coefficient (Wildman–Crippen LogP) is 3.09. The highest BCUT2D eigenvalue weighted by molar-refractivity contribution is 5.69. The molecule has 1 saturated carbocycles. The van der Waals surface area contributed by atoms with Crippen molar-refractivity contribution in [2.75, 3.05) is 13.7 Å². The summed E-state index contributed by atoms with van der Waals surface area (Å²) in [6.45, 7) is 2.20. The molecule has 0 spiro atoms. The van der Waals surface area contributed by atoms with Crippen molar-refractivity contribution < 1.29 is 14.6 Å². The molecule has 1 N–H and O–H groups in total. The second kappa shape index (κ2) is 6.75. The van der Waals surface area contributed by atoms with Gasteiger partial charge in [-0.2, -0.15) is 0 Å². The molecule has 0 saturated heterocycles. The molecule has 1 unspecified atom stereocenters. The number of rotatable bonds is 6. The minimum atomic E-state index is -0.753. The SMILES string of the molecule is COc1ccc(C(C)N(CC(=O)O)C2CCCC2)cc1. The van der Waals surface area contributed by atoms with Crippen molar-refractivity contribution in [3.05, 3.63) is 29.8 Å². The molecule has 20 heavy (non-hydrogen) atoms. The summed E-state index contributed by atoms with van der Waals surface area (Å²) >= 11 is 0. The minimum absolute atomic E-state index is 0.109. The van der Waals surface area contributed by atoms with Gasteiger partial charge in [0.2, 0.25) is 0 Å². The van der Waals surface area contributed by atoms with Crippen molar-refractivity contribution in [2.24, 2.45) is 0 Å².